The number of piperidine rings is 1. The van der Waals surface area contributed by atoms with Crippen molar-refractivity contribution in [2.45, 2.75) is 31.6 Å². The molecule has 0 aliphatic carbocycles. The molecule has 3 heterocycles. The number of H-pyrrole nitrogens is 1. The van der Waals surface area contributed by atoms with Gasteiger partial charge in [0.25, 0.3) is 0 Å². The van der Waals surface area contributed by atoms with Crippen LogP contribution in [-0.2, 0) is 11.2 Å². The number of hydrogen-bond donors (Lipinski definition) is 1. The Balaban J connectivity index is 1.46. The van der Waals surface area contributed by atoms with Crippen molar-refractivity contribution < 1.29 is 9.32 Å². The van der Waals surface area contributed by atoms with Crippen molar-refractivity contribution in [1.82, 2.24) is 20.0 Å². The Bertz CT molecular complexity index is 588. The van der Waals surface area contributed by atoms with Crippen molar-refractivity contribution in [1.29, 1.82) is 0 Å². The minimum Gasteiger partial charge on any atom is -0.360 e. The van der Waals surface area contributed by atoms with Crippen LogP contribution in [0, 0.1) is 0 Å². The Labute approximate surface area is 127 Å². The van der Waals surface area contributed by atoms with Gasteiger partial charge in [-0.3, -0.25) is 4.79 Å². The number of aryl methyl sites for hydroxylation is 1. The Morgan fingerprint density at radius 1 is 1.48 bits per heavy atom. The SMILES string of the molecule is O=C(CCc1cc(Cl)no1)N1CCC(c2ncc[nH]2)CC1. The number of carbonyl (C=O) groups is 1. The quantitative estimate of drug-likeness (QED) is 0.941. The fourth-order valence-electron chi connectivity index (χ4n) is 2.70. The van der Waals surface area contributed by atoms with Crippen LogP contribution in [0.2, 0.25) is 5.15 Å². The van der Waals surface area contributed by atoms with Crippen LogP contribution in [0.25, 0.3) is 0 Å². The average Bonchev–Trinajstić information content (AvgIpc) is 3.16. The van der Waals surface area contributed by atoms with Gasteiger partial charge in [-0.05, 0) is 12.8 Å². The van der Waals surface area contributed by atoms with Crippen LogP contribution in [0.1, 0.15) is 36.8 Å². The molecule has 1 N–H and O–H groups in total. The van der Waals surface area contributed by atoms with Gasteiger partial charge >= 0.3 is 0 Å². The molecule has 3 rings (SSSR count). The van der Waals surface area contributed by atoms with E-state index in [1.54, 1.807) is 12.3 Å². The Hall–Kier alpha value is -1.82. The number of nitrogens with one attached hydrogen (secondary N) is 1. The maximum atomic E-state index is 12.2. The summed E-state index contributed by atoms with van der Waals surface area (Å²) in [6.07, 6.45) is 6.49. The lowest BCUT2D eigenvalue weighted by atomic mass is 9.96. The van der Waals surface area contributed by atoms with Crippen LogP contribution < -0.4 is 0 Å². The lowest BCUT2D eigenvalue weighted by molar-refractivity contribution is -0.132. The lowest BCUT2D eigenvalue weighted by Crippen LogP contribution is -2.38. The van der Waals surface area contributed by atoms with E-state index < -0.39 is 0 Å². The lowest BCUT2D eigenvalue weighted by Gasteiger charge is -2.31. The second-order valence-corrected chi connectivity index (χ2v) is 5.63. The molecule has 0 aromatic carbocycles. The van der Waals surface area contributed by atoms with E-state index >= 15 is 0 Å². The number of imidazole rings is 1. The zero-order valence-electron chi connectivity index (χ0n) is 11.6. The molecule has 0 radical (unpaired) electrons. The number of likely N-dealkylation sites (tertiary alicyclic amines) is 1. The van der Waals surface area contributed by atoms with Crippen LogP contribution >= 0.6 is 11.6 Å². The van der Waals surface area contributed by atoms with Crippen molar-refractivity contribution >= 4 is 17.5 Å². The van der Waals surface area contributed by atoms with Crippen LogP contribution in [0.5, 0.6) is 0 Å². The molecule has 0 unspecified atom stereocenters. The number of rotatable bonds is 4. The monoisotopic (exact) mass is 308 g/mol. The van der Waals surface area contributed by atoms with Gasteiger partial charge in [0.15, 0.2) is 5.15 Å². The molecule has 0 bridgehead atoms. The summed E-state index contributed by atoms with van der Waals surface area (Å²) in [5.41, 5.74) is 0. The Morgan fingerprint density at radius 2 is 2.29 bits per heavy atom. The highest BCUT2D eigenvalue weighted by molar-refractivity contribution is 6.29. The first-order chi connectivity index (χ1) is 10.2. The van der Waals surface area contributed by atoms with Crippen LogP contribution in [0.15, 0.2) is 23.0 Å². The molecule has 0 spiro atoms. The van der Waals surface area contributed by atoms with Gasteiger partial charge in [-0.2, -0.15) is 0 Å². The maximum absolute atomic E-state index is 12.2. The van der Waals surface area contributed by atoms with Crippen molar-refractivity contribution in [2.75, 3.05) is 13.1 Å². The van der Waals surface area contributed by atoms with E-state index in [1.165, 1.54) is 0 Å². The van der Waals surface area contributed by atoms with E-state index in [0.29, 0.717) is 29.7 Å². The third-order valence-corrected chi connectivity index (χ3v) is 4.05. The molecule has 21 heavy (non-hydrogen) atoms. The smallest absolute Gasteiger partial charge is 0.223 e. The number of hydrogen-bond acceptors (Lipinski definition) is 4. The van der Waals surface area contributed by atoms with Gasteiger partial charge in [0.2, 0.25) is 5.91 Å². The first-order valence-electron chi connectivity index (χ1n) is 7.10. The van der Waals surface area contributed by atoms with E-state index in [0.717, 1.165) is 31.8 Å². The van der Waals surface area contributed by atoms with Gasteiger partial charge in [0, 0.05) is 50.3 Å². The van der Waals surface area contributed by atoms with Crippen molar-refractivity contribution in [3.05, 3.63) is 35.2 Å². The summed E-state index contributed by atoms with van der Waals surface area (Å²) in [4.78, 5) is 21.5. The summed E-state index contributed by atoms with van der Waals surface area (Å²) in [6, 6.07) is 1.65. The van der Waals surface area contributed by atoms with Crippen molar-refractivity contribution in [3.63, 3.8) is 0 Å². The Morgan fingerprint density at radius 3 is 2.90 bits per heavy atom. The molecule has 2 aromatic rings. The van der Waals surface area contributed by atoms with Crippen LogP contribution in [0.3, 0.4) is 0 Å². The van der Waals surface area contributed by atoms with Crippen molar-refractivity contribution in [3.8, 4) is 0 Å². The van der Waals surface area contributed by atoms with Gasteiger partial charge < -0.3 is 14.4 Å². The number of nitrogens with zero attached hydrogens (tertiary/aromatic N) is 3. The number of carbonyl (C=O) groups excluding carboxylic acids is 1. The molecule has 6 nitrogen and oxygen atoms in total. The summed E-state index contributed by atoms with van der Waals surface area (Å²) < 4.78 is 5.00. The molecule has 0 saturated carbocycles. The number of amides is 1. The van der Waals surface area contributed by atoms with Crippen LogP contribution in [-0.4, -0.2) is 39.0 Å². The topological polar surface area (TPSA) is 75.0 Å². The Kier molecular flexibility index (Phi) is 4.24. The van der Waals surface area contributed by atoms with Crippen molar-refractivity contribution in [2.24, 2.45) is 0 Å². The third-order valence-electron chi connectivity index (χ3n) is 3.87. The van der Waals surface area contributed by atoms with E-state index in [1.807, 2.05) is 11.1 Å². The summed E-state index contributed by atoms with van der Waals surface area (Å²) in [5, 5.41) is 3.93. The van der Waals surface area contributed by atoms with Gasteiger partial charge in [-0.1, -0.05) is 16.8 Å². The third kappa shape index (κ3) is 3.44. The van der Waals surface area contributed by atoms with E-state index in [4.69, 9.17) is 16.1 Å². The molecule has 1 amide bonds. The standard InChI is InChI=1S/C14H17ClN4O2/c15-12-9-11(21-18-12)1-2-13(20)19-7-3-10(4-8-19)14-16-5-6-17-14/h5-6,9-10H,1-4,7-8H2,(H,16,17). The molecule has 1 saturated heterocycles. The molecular formula is C14H17ClN4O2. The number of aromatic amines is 1. The van der Waals surface area contributed by atoms with Gasteiger partial charge in [0.05, 0.1) is 0 Å². The maximum Gasteiger partial charge on any atom is 0.223 e. The number of halogens is 1. The highest BCUT2D eigenvalue weighted by Gasteiger charge is 2.25. The minimum atomic E-state index is 0.153. The van der Waals surface area contributed by atoms with E-state index in [-0.39, 0.29) is 5.91 Å². The molecule has 7 heteroatoms. The van der Waals surface area contributed by atoms with Gasteiger partial charge in [-0.15, -0.1) is 0 Å². The molecule has 1 aliphatic heterocycles. The average molecular weight is 309 g/mol. The molecule has 112 valence electrons. The highest BCUT2D eigenvalue weighted by atomic mass is 35.5. The largest absolute Gasteiger partial charge is 0.360 e. The summed E-state index contributed by atoms with van der Waals surface area (Å²) in [6.45, 7) is 1.56. The molecule has 1 fully saturated rings. The fraction of sp³-hybridized carbons (Fsp3) is 0.500. The predicted octanol–water partition coefficient (Wildman–Crippen LogP) is 2.39. The molecule has 1 aliphatic rings. The summed E-state index contributed by atoms with van der Waals surface area (Å²) >= 11 is 5.68. The normalized spacial score (nSPS) is 16.3. The van der Waals surface area contributed by atoms with Crippen LogP contribution in [0.4, 0.5) is 0 Å². The predicted molar refractivity (Wildman–Crippen MR) is 77.0 cm³/mol. The fourth-order valence-corrected chi connectivity index (χ4v) is 2.85. The second-order valence-electron chi connectivity index (χ2n) is 5.25. The molecular weight excluding hydrogens is 292 g/mol. The molecule has 2 aromatic heterocycles. The molecule has 0 atom stereocenters. The van der Waals surface area contributed by atoms with Gasteiger partial charge in [0.1, 0.15) is 11.6 Å². The highest BCUT2D eigenvalue weighted by Crippen LogP contribution is 2.25. The summed E-state index contributed by atoms with van der Waals surface area (Å²) in [5.74, 6) is 2.26. The zero-order valence-corrected chi connectivity index (χ0v) is 12.3. The minimum absolute atomic E-state index is 0.153. The van der Waals surface area contributed by atoms with E-state index in [9.17, 15) is 4.79 Å². The first-order valence-corrected chi connectivity index (χ1v) is 7.48. The number of aromatic nitrogens is 3. The first kappa shape index (κ1) is 14.1. The van der Waals surface area contributed by atoms with E-state index in [2.05, 4.69) is 15.1 Å². The second kappa shape index (κ2) is 6.30. The zero-order chi connectivity index (χ0) is 14.7. The summed E-state index contributed by atoms with van der Waals surface area (Å²) in [7, 11) is 0. The van der Waals surface area contributed by atoms with Gasteiger partial charge in [-0.25, -0.2) is 4.98 Å².